The van der Waals surface area contributed by atoms with Gasteiger partial charge in [-0.3, -0.25) is 9.36 Å². The number of benzene rings is 2. The zero-order valence-electron chi connectivity index (χ0n) is 20.5. The zero-order valence-corrected chi connectivity index (χ0v) is 20.5. The fourth-order valence-corrected chi connectivity index (χ4v) is 4.16. The van der Waals surface area contributed by atoms with Crippen LogP contribution in [0.15, 0.2) is 53.3 Å². The number of amides is 2. The first-order valence-corrected chi connectivity index (χ1v) is 12.1. The first kappa shape index (κ1) is 24.5. The van der Waals surface area contributed by atoms with Gasteiger partial charge < -0.3 is 10.2 Å². The summed E-state index contributed by atoms with van der Waals surface area (Å²) in [7, 11) is 0. The highest BCUT2D eigenvalue weighted by Crippen LogP contribution is 2.26. The number of urea groups is 1. The van der Waals surface area contributed by atoms with E-state index in [1.165, 1.54) is 5.56 Å². The summed E-state index contributed by atoms with van der Waals surface area (Å²) < 4.78 is 1.71. The smallest absolute Gasteiger partial charge is 0.314 e. The molecule has 0 bridgehead atoms. The van der Waals surface area contributed by atoms with Crippen LogP contribution in [0.1, 0.15) is 77.2 Å². The molecule has 6 heteroatoms. The number of nitrogens with zero attached hydrogens (tertiary/aromatic N) is 3. The molecule has 33 heavy (non-hydrogen) atoms. The highest BCUT2D eigenvalue weighted by molar-refractivity contribution is 5.89. The van der Waals surface area contributed by atoms with Gasteiger partial charge in [0, 0.05) is 18.8 Å². The monoisotopic (exact) mass is 448 g/mol. The average molecular weight is 449 g/mol. The number of hydrogen-bond acceptors (Lipinski definition) is 3. The molecule has 1 heterocycles. The Morgan fingerprint density at radius 3 is 2.36 bits per heavy atom. The Kier molecular flexibility index (Phi) is 8.26. The molecule has 1 aromatic heterocycles. The summed E-state index contributed by atoms with van der Waals surface area (Å²) >= 11 is 0. The van der Waals surface area contributed by atoms with Crippen LogP contribution in [0, 0.1) is 0 Å². The number of anilines is 1. The predicted octanol–water partition coefficient (Wildman–Crippen LogP) is 6.33. The van der Waals surface area contributed by atoms with Crippen molar-refractivity contribution in [3.63, 3.8) is 0 Å². The Morgan fingerprint density at radius 2 is 1.76 bits per heavy atom. The van der Waals surface area contributed by atoms with Crippen molar-refractivity contribution in [2.45, 2.75) is 72.4 Å². The number of fused-ring (bicyclic) bond motifs is 1. The van der Waals surface area contributed by atoms with Crippen LogP contribution in [0.2, 0.25) is 0 Å². The zero-order chi connectivity index (χ0) is 24.0. The number of hydrogen-bond donors (Lipinski definition) is 1. The number of nitrogens with one attached hydrogen (secondary N) is 1. The Hall–Kier alpha value is -3.15. The molecule has 0 spiro atoms. The molecule has 6 nitrogen and oxygen atoms in total. The maximum Gasteiger partial charge on any atom is 0.322 e. The van der Waals surface area contributed by atoms with Crippen LogP contribution in [0.25, 0.3) is 10.9 Å². The average Bonchev–Trinajstić information content (AvgIpc) is 2.82. The van der Waals surface area contributed by atoms with E-state index in [1.54, 1.807) is 4.57 Å². The summed E-state index contributed by atoms with van der Waals surface area (Å²) in [6, 6.07) is 14.9. The lowest BCUT2D eigenvalue weighted by atomic mass is 10.0. The maximum absolute atomic E-state index is 13.5. The molecule has 0 saturated heterocycles. The minimum absolute atomic E-state index is 0.0586. The van der Waals surface area contributed by atoms with Crippen molar-refractivity contribution in [3.05, 3.63) is 70.3 Å². The molecule has 2 aromatic carbocycles. The Bertz CT molecular complexity index is 1140. The second-order valence-corrected chi connectivity index (χ2v) is 8.71. The second-order valence-electron chi connectivity index (χ2n) is 8.71. The summed E-state index contributed by atoms with van der Waals surface area (Å²) in [5, 5.41) is 3.67. The first-order valence-electron chi connectivity index (χ1n) is 12.1. The fourth-order valence-electron chi connectivity index (χ4n) is 4.16. The number of unbranched alkanes of at least 4 members (excludes halogenated alkanes) is 1. The SMILES string of the molecule is CCCCN(C(=O)Nc1ccc(C(C)C)cc1)C(CC)c1nc2ccccc2c(=O)n1CC. The number of para-hydroxylation sites is 1. The van der Waals surface area contributed by atoms with E-state index in [0.717, 1.165) is 18.5 Å². The van der Waals surface area contributed by atoms with Gasteiger partial charge >= 0.3 is 6.03 Å². The summed E-state index contributed by atoms with van der Waals surface area (Å²) in [5.74, 6) is 1.08. The van der Waals surface area contributed by atoms with E-state index in [-0.39, 0.29) is 17.6 Å². The second kappa shape index (κ2) is 11.1. The third-order valence-corrected chi connectivity index (χ3v) is 6.11. The van der Waals surface area contributed by atoms with Crippen LogP contribution in [-0.4, -0.2) is 27.0 Å². The molecule has 0 fully saturated rings. The van der Waals surface area contributed by atoms with E-state index in [2.05, 4.69) is 26.1 Å². The lowest BCUT2D eigenvalue weighted by molar-refractivity contribution is 0.178. The van der Waals surface area contributed by atoms with Gasteiger partial charge in [-0.1, -0.05) is 58.4 Å². The molecular formula is C27H36N4O2. The van der Waals surface area contributed by atoms with Crippen molar-refractivity contribution >= 4 is 22.6 Å². The van der Waals surface area contributed by atoms with Crippen molar-refractivity contribution in [2.24, 2.45) is 0 Å². The van der Waals surface area contributed by atoms with Gasteiger partial charge in [-0.2, -0.15) is 0 Å². The number of carbonyl (C=O) groups is 1. The lowest BCUT2D eigenvalue weighted by Crippen LogP contribution is -2.41. The fraction of sp³-hybridized carbons (Fsp3) is 0.444. The van der Waals surface area contributed by atoms with E-state index in [1.807, 2.05) is 67.3 Å². The van der Waals surface area contributed by atoms with Gasteiger partial charge in [0.05, 0.1) is 16.9 Å². The van der Waals surface area contributed by atoms with E-state index < -0.39 is 0 Å². The maximum atomic E-state index is 13.5. The van der Waals surface area contributed by atoms with Gasteiger partial charge in [-0.15, -0.1) is 0 Å². The summed E-state index contributed by atoms with van der Waals surface area (Å²) in [6.45, 7) is 11.5. The van der Waals surface area contributed by atoms with E-state index in [4.69, 9.17) is 4.98 Å². The summed E-state index contributed by atoms with van der Waals surface area (Å²) in [5.41, 5.74) is 2.60. The van der Waals surface area contributed by atoms with E-state index in [9.17, 15) is 9.59 Å². The molecule has 0 aliphatic carbocycles. The molecule has 2 amide bonds. The number of carbonyl (C=O) groups excluding carboxylic acids is 1. The summed E-state index contributed by atoms with van der Waals surface area (Å²) in [6.07, 6.45) is 2.50. The molecule has 1 N–H and O–H groups in total. The molecule has 176 valence electrons. The van der Waals surface area contributed by atoms with Crippen molar-refractivity contribution in [1.29, 1.82) is 0 Å². The first-order chi connectivity index (χ1) is 15.9. The standard InChI is InChI=1S/C27H36N4O2/c1-6-9-18-31(27(33)28-21-16-14-20(15-17-21)19(4)5)24(7-2)25-29-23-13-11-10-12-22(23)26(32)30(25)8-3/h10-17,19,24H,6-9,18H2,1-5H3,(H,28,33). The van der Waals surface area contributed by atoms with E-state index in [0.29, 0.717) is 42.2 Å². The van der Waals surface area contributed by atoms with Crippen LogP contribution >= 0.6 is 0 Å². The molecule has 3 rings (SSSR count). The third kappa shape index (κ3) is 5.44. The molecule has 1 atom stereocenters. The highest BCUT2D eigenvalue weighted by Gasteiger charge is 2.28. The Balaban J connectivity index is 1.99. The molecule has 1 unspecified atom stereocenters. The molecular weight excluding hydrogens is 412 g/mol. The number of aromatic nitrogens is 2. The van der Waals surface area contributed by atoms with Crippen LogP contribution in [0.4, 0.5) is 10.5 Å². The van der Waals surface area contributed by atoms with Crippen molar-refractivity contribution in [3.8, 4) is 0 Å². The molecule has 0 saturated carbocycles. The van der Waals surface area contributed by atoms with Gasteiger partial charge in [-0.25, -0.2) is 9.78 Å². The minimum atomic E-state index is -0.302. The highest BCUT2D eigenvalue weighted by atomic mass is 16.2. The molecule has 0 radical (unpaired) electrons. The summed E-state index contributed by atoms with van der Waals surface area (Å²) in [4.78, 5) is 33.4. The van der Waals surface area contributed by atoms with Gasteiger partial charge in [-0.05, 0) is 55.5 Å². The normalized spacial score (nSPS) is 12.2. The Morgan fingerprint density at radius 1 is 1.06 bits per heavy atom. The largest absolute Gasteiger partial charge is 0.322 e. The third-order valence-electron chi connectivity index (χ3n) is 6.11. The predicted molar refractivity (Wildman–Crippen MR) is 136 cm³/mol. The van der Waals surface area contributed by atoms with Crippen molar-refractivity contribution < 1.29 is 4.79 Å². The quantitative estimate of drug-likeness (QED) is 0.416. The van der Waals surface area contributed by atoms with Crippen LogP contribution in [0.5, 0.6) is 0 Å². The molecule has 0 aliphatic rings. The van der Waals surface area contributed by atoms with Crippen LogP contribution in [0.3, 0.4) is 0 Å². The van der Waals surface area contributed by atoms with Crippen molar-refractivity contribution in [1.82, 2.24) is 14.5 Å². The number of rotatable bonds is 9. The van der Waals surface area contributed by atoms with Gasteiger partial charge in [0.1, 0.15) is 5.82 Å². The van der Waals surface area contributed by atoms with Gasteiger partial charge in [0.25, 0.3) is 5.56 Å². The minimum Gasteiger partial charge on any atom is -0.314 e. The molecule has 3 aromatic rings. The van der Waals surface area contributed by atoms with Crippen LogP contribution in [-0.2, 0) is 6.54 Å². The van der Waals surface area contributed by atoms with E-state index >= 15 is 0 Å². The van der Waals surface area contributed by atoms with Gasteiger partial charge in [0.2, 0.25) is 0 Å². The van der Waals surface area contributed by atoms with Crippen molar-refractivity contribution in [2.75, 3.05) is 11.9 Å². The van der Waals surface area contributed by atoms with Crippen LogP contribution < -0.4 is 10.9 Å². The topological polar surface area (TPSA) is 67.2 Å². The van der Waals surface area contributed by atoms with Gasteiger partial charge in [0.15, 0.2) is 0 Å². The molecule has 0 aliphatic heterocycles. The Labute approximate surface area is 196 Å². The lowest BCUT2D eigenvalue weighted by Gasteiger charge is -2.32.